The van der Waals surface area contributed by atoms with Crippen LogP contribution in [-0.2, 0) is 22.8 Å². The lowest BCUT2D eigenvalue weighted by Crippen LogP contribution is -2.37. The second kappa shape index (κ2) is 6.78. The molecule has 2 aliphatic heterocycles. The first-order chi connectivity index (χ1) is 13.9. The van der Waals surface area contributed by atoms with Crippen molar-refractivity contribution in [2.24, 2.45) is 0 Å². The Kier molecular flexibility index (Phi) is 4.33. The van der Waals surface area contributed by atoms with Gasteiger partial charge in [-0.15, -0.1) is 0 Å². The minimum atomic E-state index is -3.22. The Morgan fingerprint density at radius 1 is 1.10 bits per heavy atom. The number of benzene rings is 2. The van der Waals surface area contributed by atoms with E-state index in [9.17, 15) is 12.8 Å². The van der Waals surface area contributed by atoms with Gasteiger partial charge in [-0.05, 0) is 43.2 Å². The molecule has 29 heavy (non-hydrogen) atoms. The smallest absolute Gasteiger partial charge is 0.175 e. The molecule has 0 saturated carbocycles. The molecule has 7 heteroatoms. The molecule has 3 heterocycles. The van der Waals surface area contributed by atoms with Gasteiger partial charge in [0.2, 0.25) is 0 Å². The first kappa shape index (κ1) is 18.5. The molecule has 0 N–H and O–H groups in total. The van der Waals surface area contributed by atoms with Gasteiger partial charge in [0.1, 0.15) is 5.82 Å². The van der Waals surface area contributed by atoms with Crippen LogP contribution in [0, 0.1) is 5.82 Å². The number of hydrogen-bond donors (Lipinski definition) is 0. The van der Waals surface area contributed by atoms with Crippen LogP contribution >= 0.6 is 0 Å². The highest BCUT2D eigenvalue weighted by Gasteiger charge is 2.42. The Morgan fingerprint density at radius 3 is 2.59 bits per heavy atom. The molecule has 2 bridgehead atoms. The highest BCUT2D eigenvalue weighted by atomic mass is 32.2. The van der Waals surface area contributed by atoms with Crippen molar-refractivity contribution in [1.82, 2.24) is 14.7 Å². The summed E-state index contributed by atoms with van der Waals surface area (Å²) in [5, 5.41) is 4.60. The van der Waals surface area contributed by atoms with Gasteiger partial charge in [-0.25, -0.2) is 17.5 Å². The molecule has 1 saturated heterocycles. The zero-order valence-electron chi connectivity index (χ0n) is 16.1. The number of rotatable bonds is 4. The average molecular weight is 412 g/mol. The van der Waals surface area contributed by atoms with E-state index in [-0.39, 0.29) is 11.9 Å². The van der Waals surface area contributed by atoms with Crippen LogP contribution in [0.25, 0.3) is 5.69 Å². The third kappa shape index (κ3) is 3.18. The Morgan fingerprint density at radius 2 is 1.86 bits per heavy atom. The fourth-order valence-electron chi connectivity index (χ4n) is 4.70. The van der Waals surface area contributed by atoms with Crippen molar-refractivity contribution >= 4 is 9.84 Å². The van der Waals surface area contributed by atoms with Crippen LogP contribution in [0.2, 0.25) is 0 Å². The van der Waals surface area contributed by atoms with E-state index in [4.69, 9.17) is 0 Å². The molecule has 1 fully saturated rings. The van der Waals surface area contributed by atoms with Crippen molar-refractivity contribution in [2.75, 3.05) is 6.26 Å². The summed E-state index contributed by atoms with van der Waals surface area (Å²) in [6.45, 7) is 0.607. The molecular weight excluding hydrogens is 389 g/mol. The van der Waals surface area contributed by atoms with E-state index >= 15 is 0 Å². The molecule has 2 atom stereocenters. The average Bonchev–Trinajstić information content (AvgIpc) is 3.23. The fraction of sp³-hybridized carbons (Fsp3) is 0.318. The number of sulfone groups is 1. The Hall–Kier alpha value is -2.51. The minimum Gasteiger partial charge on any atom is -0.289 e. The summed E-state index contributed by atoms with van der Waals surface area (Å²) in [6, 6.07) is 14.4. The van der Waals surface area contributed by atoms with Gasteiger partial charge in [-0.3, -0.25) is 4.90 Å². The van der Waals surface area contributed by atoms with Gasteiger partial charge in [0.05, 0.1) is 22.5 Å². The Balaban J connectivity index is 1.46. The summed E-state index contributed by atoms with van der Waals surface area (Å²) in [5.41, 5.74) is 3.97. The predicted octanol–water partition coefficient (Wildman–Crippen LogP) is 3.68. The van der Waals surface area contributed by atoms with Crippen molar-refractivity contribution in [2.45, 2.75) is 42.8 Å². The first-order valence-corrected chi connectivity index (χ1v) is 11.7. The number of fused-ring (bicyclic) bond motifs is 4. The molecule has 3 aromatic rings. The van der Waals surface area contributed by atoms with E-state index in [0.717, 1.165) is 30.5 Å². The maximum absolute atomic E-state index is 14.2. The van der Waals surface area contributed by atoms with E-state index in [1.807, 2.05) is 23.0 Å². The van der Waals surface area contributed by atoms with E-state index in [0.29, 0.717) is 17.5 Å². The fourth-order valence-corrected chi connectivity index (χ4v) is 5.33. The van der Waals surface area contributed by atoms with Gasteiger partial charge in [0, 0.05) is 42.4 Å². The van der Waals surface area contributed by atoms with Gasteiger partial charge in [0.15, 0.2) is 9.84 Å². The van der Waals surface area contributed by atoms with Crippen LogP contribution in [0.15, 0.2) is 59.6 Å². The van der Waals surface area contributed by atoms with Crippen LogP contribution in [-0.4, -0.2) is 35.4 Å². The van der Waals surface area contributed by atoms with Crippen molar-refractivity contribution in [1.29, 1.82) is 0 Å². The van der Waals surface area contributed by atoms with Crippen LogP contribution < -0.4 is 0 Å². The standard InChI is InChI=1S/C22H22FN3O2S/c1-29(27,28)18-9-6-16(7-10-18)26-22-12-17-8-11-21(19(22)13-24-26)25(17)14-15-4-2-3-5-20(15)23/h2-7,9-10,13,17,21H,8,11-12,14H2,1H3/t17-,21+/m0/s1. The van der Waals surface area contributed by atoms with Crippen molar-refractivity contribution in [3.8, 4) is 5.69 Å². The summed E-state index contributed by atoms with van der Waals surface area (Å²) < 4.78 is 39.5. The monoisotopic (exact) mass is 411 g/mol. The van der Waals surface area contributed by atoms with E-state index in [2.05, 4.69) is 10.00 Å². The molecule has 2 aliphatic rings. The van der Waals surface area contributed by atoms with Crippen molar-refractivity contribution in [3.63, 3.8) is 0 Å². The lowest BCUT2D eigenvalue weighted by molar-refractivity contribution is 0.165. The highest BCUT2D eigenvalue weighted by Crippen LogP contribution is 2.45. The first-order valence-electron chi connectivity index (χ1n) is 9.78. The molecule has 0 spiro atoms. The number of halogens is 1. The Labute approximate surface area is 169 Å². The van der Waals surface area contributed by atoms with Gasteiger partial charge >= 0.3 is 0 Å². The summed E-state index contributed by atoms with van der Waals surface area (Å²) >= 11 is 0. The van der Waals surface area contributed by atoms with Crippen molar-refractivity contribution < 1.29 is 12.8 Å². The molecule has 5 nitrogen and oxygen atoms in total. The molecule has 5 rings (SSSR count). The van der Waals surface area contributed by atoms with Crippen molar-refractivity contribution in [3.05, 3.63) is 77.4 Å². The zero-order chi connectivity index (χ0) is 20.2. The number of nitrogens with zero attached hydrogens (tertiary/aromatic N) is 3. The summed E-state index contributed by atoms with van der Waals surface area (Å²) in [5.74, 6) is -0.153. The summed E-state index contributed by atoms with van der Waals surface area (Å²) in [4.78, 5) is 2.71. The van der Waals surface area contributed by atoms with Crippen LogP contribution in [0.4, 0.5) is 4.39 Å². The third-order valence-electron chi connectivity index (χ3n) is 6.15. The molecule has 150 valence electrons. The maximum Gasteiger partial charge on any atom is 0.175 e. The van der Waals surface area contributed by atoms with Crippen LogP contribution in [0.5, 0.6) is 0 Å². The Bertz CT molecular complexity index is 1170. The predicted molar refractivity (Wildman–Crippen MR) is 108 cm³/mol. The third-order valence-corrected chi connectivity index (χ3v) is 7.28. The molecule has 0 radical (unpaired) electrons. The number of hydrogen-bond acceptors (Lipinski definition) is 4. The van der Waals surface area contributed by atoms with E-state index in [1.165, 1.54) is 23.6 Å². The molecule has 0 unspecified atom stereocenters. The summed E-state index contributed by atoms with van der Waals surface area (Å²) in [6.07, 6.45) is 6.11. The summed E-state index contributed by atoms with van der Waals surface area (Å²) in [7, 11) is -3.22. The van der Waals surface area contributed by atoms with Gasteiger partial charge in [-0.2, -0.15) is 5.10 Å². The van der Waals surface area contributed by atoms with Gasteiger partial charge in [0.25, 0.3) is 0 Å². The van der Waals surface area contributed by atoms with E-state index < -0.39 is 9.84 Å². The van der Waals surface area contributed by atoms with Gasteiger partial charge < -0.3 is 0 Å². The van der Waals surface area contributed by atoms with Crippen LogP contribution in [0.3, 0.4) is 0 Å². The second-order valence-electron chi connectivity index (χ2n) is 7.94. The largest absolute Gasteiger partial charge is 0.289 e. The SMILES string of the molecule is CS(=O)(=O)c1ccc(-n2ncc3c2C[C@@H]2CC[C@H]3N2Cc2ccccc2F)cc1. The topological polar surface area (TPSA) is 55.2 Å². The zero-order valence-corrected chi connectivity index (χ0v) is 16.9. The van der Waals surface area contributed by atoms with E-state index in [1.54, 1.807) is 30.3 Å². The quantitative estimate of drug-likeness (QED) is 0.657. The minimum absolute atomic E-state index is 0.153. The normalized spacial score (nSPS) is 21.3. The number of aromatic nitrogens is 2. The van der Waals surface area contributed by atoms with Gasteiger partial charge in [-0.1, -0.05) is 18.2 Å². The molecule has 2 aromatic carbocycles. The maximum atomic E-state index is 14.2. The lowest BCUT2D eigenvalue weighted by Gasteiger charge is -2.35. The molecular formula is C22H22FN3O2S. The molecule has 0 aliphatic carbocycles. The lowest BCUT2D eigenvalue weighted by atomic mass is 9.99. The van der Waals surface area contributed by atoms with Crippen LogP contribution in [0.1, 0.15) is 35.7 Å². The molecule has 0 amide bonds. The highest BCUT2D eigenvalue weighted by molar-refractivity contribution is 7.90. The second-order valence-corrected chi connectivity index (χ2v) is 9.96. The molecule has 1 aromatic heterocycles.